The van der Waals surface area contributed by atoms with Gasteiger partial charge in [-0.3, -0.25) is 0 Å². The van der Waals surface area contributed by atoms with E-state index in [4.69, 9.17) is 0 Å². The van der Waals surface area contributed by atoms with Gasteiger partial charge in [0, 0.05) is 11.3 Å². The van der Waals surface area contributed by atoms with E-state index in [1.54, 1.807) is 6.08 Å². The first-order valence-electron chi connectivity index (χ1n) is 5.23. The highest BCUT2D eigenvalue weighted by Crippen LogP contribution is 2.30. The van der Waals surface area contributed by atoms with E-state index in [1.165, 1.54) is 0 Å². The van der Waals surface area contributed by atoms with Gasteiger partial charge >= 0.3 is 0 Å². The van der Waals surface area contributed by atoms with E-state index in [0.29, 0.717) is 0 Å². The van der Waals surface area contributed by atoms with Gasteiger partial charge in [0.15, 0.2) is 0 Å². The van der Waals surface area contributed by atoms with Crippen LogP contribution in [0.1, 0.15) is 34.6 Å². The molecule has 0 aromatic carbocycles. The Morgan fingerprint density at radius 3 is 1.86 bits per heavy atom. The molecule has 2 N–H and O–H groups in total. The van der Waals surface area contributed by atoms with Crippen molar-refractivity contribution in [1.29, 1.82) is 0 Å². The topological polar surface area (TPSA) is 40.5 Å². The van der Waals surface area contributed by atoms with Crippen molar-refractivity contribution in [3.05, 3.63) is 12.7 Å². The molecule has 2 nitrogen and oxygen atoms in total. The molecule has 0 saturated carbocycles. The van der Waals surface area contributed by atoms with Crippen molar-refractivity contribution in [2.24, 2.45) is 17.3 Å². The third kappa shape index (κ3) is 3.10. The highest BCUT2D eigenvalue weighted by atomic mass is 16.3. The molecule has 84 valence electrons. The van der Waals surface area contributed by atoms with Crippen LogP contribution in [0.15, 0.2) is 12.7 Å². The number of hydrogen-bond donors (Lipinski definition) is 2. The van der Waals surface area contributed by atoms with Crippen molar-refractivity contribution >= 4 is 0 Å². The summed E-state index contributed by atoms with van der Waals surface area (Å²) in [5.41, 5.74) is -0.352. The van der Waals surface area contributed by atoms with E-state index in [2.05, 4.69) is 6.58 Å². The van der Waals surface area contributed by atoms with Crippen molar-refractivity contribution < 1.29 is 10.2 Å². The second-order valence-corrected chi connectivity index (χ2v) is 5.06. The lowest BCUT2D eigenvalue weighted by Gasteiger charge is -2.35. The molecule has 0 amide bonds. The second-order valence-electron chi connectivity index (χ2n) is 5.06. The summed E-state index contributed by atoms with van der Waals surface area (Å²) in [6.45, 7) is 13.3. The highest BCUT2D eigenvalue weighted by Gasteiger charge is 2.33. The van der Waals surface area contributed by atoms with Crippen molar-refractivity contribution in [2.45, 2.75) is 46.8 Å². The molecule has 0 heterocycles. The molecule has 0 radical (unpaired) electrons. The molecule has 14 heavy (non-hydrogen) atoms. The summed E-state index contributed by atoms with van der Waals surface area (Å²) < 4.78 is 0. The van der Waals surface area contributed by atoms with E-state index in [-0.39, 0.29) is 17.3 Å². The molecular formula is C12H24O2. The Hall–Kier alpha value is -0.340. The molecule has 0 bridgehead atoms. The first kappa shape index (κ1) is 13.7. The van der Waals surface area contributed by atoms with Crippen LogP contribution < -0.4 is 0 Å². The minimum Gasteiger partial charge on any atom is -0.392 e. The van der Waals surface area contributed by atoms with Crippen LogP contribution in [0.4, 0.5) is 0 Å². The molecule has 0 fully saturated rings. The van der Waals surface area contributed by atoms with E-state index in [1.807, 2.05) is 34.6 Å². The molecule has 0 rings (SSSR count). The number of rotatable bonds is 5. The smallest absolute Gasteiger partial charge is 0.0675 e. The molecular weight excluding hydrogens is 176 g/mol. The molecule has 0 aliphatic carbocycles. The molecule has 0 unspecified atom stereocenters. The number of aliphatic hydroxyl groups excluding tert-OH is 2. The monoisotopic (exact) mass is 200 g/mol. The lowest BCUT2D eigenvalue weighted by atomic mass is 9.76. The van der Waals surface area contributed by atoms with Crippen LogP contribution in [0.25, 0.3) is 0 Å². The normalized spacial score (nSPS) is 19.1. The van der Waals surface area contributed by atoms with Crippen LogP contribution in [0, 0.1) is 17.3 Å². The number of aliphatic hydroxyl groups is 2. The zero-order valence-corrected chi connectivity index (χ0v) is 9.99. The predicted octanol–water partition coefficient (Wildman–Crippen LogP) is 2.21. The lowest BCUT2D eigenvalue weighted by molar-refractivity contribution is -0.0411. The standard InChI is InChI=1S/C12H24O2/c1-7-12(5,6)11(14)9(4)10(13)8(2)3/h7-11,13-14H,1H2,2-6H3/t9-,10-,11-/m1/s1. The SMILES string of the molecule is C=CC(C)(C)[C@H](O)[C@H](C)[C@H](O)C(C)C. The van der Waals surface area contributed by atoms with E-state index >= 15 is 0 Å². The summed E-state index contributed by atoms with van der Waals surface area (Å²) in [5.74, 6) is 0.0308. The molecule has 0 aromatic heterocycles. The fourth-order valence-corrected chi connectivity index (χ4v) is 1.59. The van der Waals surface area contributed by atoms with Gasteiger partial charge in [0.1, 0.15) is 0 Å². The third-order valence-electron chi connectivity index (χ3n) is 3.01. The molecule has 0 aliphatic rings. The van der Waals surface area contributed by atoms with Gasteiger partial charge in [-0.25, -0.2) is 0 Å². The summed E-state index contributed by atoms with van der Waals surface area (Å²) in [5, 5.41) is 19.9. The zero-order valence-electron chi connectivity index (χ0n) is 9.99. The fraction of sp³-hybridized carbons (Fsp3) is 0.833. The van der Waals surface area contributed by atoms with Crippen LogP contribution >= 0.6 is 0 Å². The van der Waals surface area contributed by atoms with E-state index < -0.39 is 12.2 Å². The Labute approximate surface area is 87.7 Å². The average molecular weight is 200 g/mol. The summed E-state index contributed by atoms with van der Waals surface area (Å²) >= 11 is 0. The van der Waals surface area contributed by atoms with Gasteiger partial charge in [0.2, 0.25) is 0 Å². The van der Waals surface area contributed by atoms with E-state index in [9.17, 15) is 10.2 Å². The second kappa shape index (κ2) is 4.94. The van der Waals surface area contributed by atoms with Gasteiger partial charge in [0.25, 0.3) is 0 Å². The molecule has 2 heteroatoms. The van der Waals surface area contributed by atoms with Gasteiger partial charge < -0.3 is 10.2 Å². The molecule has 0 spiro atoms. The summed E-state index contributed by atoms with van der Waals surface area (Å²) in [7, 11) is 0. The lowest BCUT2D eigenvalue weighted by Crippen LogP contribution is -2.41. The molecule has 0 saturated heterocycles. The van der Waals surface area contributed by atoms with Crippen LogP contribution in [0.3, 0.4) is 0 Å². The van der Waals surface area contributed by atoms with Gasteiger partial charge in [-0.1, -0.05) is 40.7 Å². The first-order chi connectivity index (χ1) is 6.24. The maximum absolute atomic E-state index is 10.0. The van der Waals surface area contributed by atoms with Crippen molar-refractivity contribution in [2.75, 3.05) is 0 Å². The Balaban J connectivity index is 4.53. The summed E-state index contributed by atoms with van der Waals surface area (Å²) in [6.07, 6.45) is 0.711. The minimum absolute atomic E-state index is 0.136. The van der Waals surface area contributed by atoms with Gasteiger partial charge in [-0.15, -0.1) is 6.58 Å². The maximum Gasteiger partial charge on any atom is 0.0675 e. The largest absolute Gasteiger partial charge is 0.392 e. The van der Waals surface area contributed by atoms with Crippen LogP contribution in [-0.4, -0.2) is 22.4 Å². The zero-order chi connectivity index (χ0) is 11.5. The highest BCUT2D eigenvalue weighted by molar-refractivity contribution is 4.96. The molecule has 3 atom stereocenters. The van der Waals surface area contributed by atoms with E-state index in [0.717, 1.165) is 0 Å². The minimum atomic E-state index is -0.558. The van der Waals surface area contributed by atoms with Crippen LogP contribution in [0.2, 0.25) is 0 Å². The first-order valence-corrected chi connectivity index (χ1v) is 5.23. The van der Waals surface area contributed by atoms with Gasteiger partial charge in [0.05, 0.1) is 12.2 Å². The fourth-order valence-electron chi connectivity index (χ4n) is 1.59. The number of hydrogen-bond acceptors (Lipinski definition) is 2. The van der Waals surface area contributed by atoms with Gasteiger partial charge in [-0.05, 0) is 5.92 Å². The molecule has 0 aromatic rings. The predicted molar refractivity (Wildman–Crippen MR) is 60.0 cm³/mol. The van der Waals surface area contributed by atoms with Gasteiger partial charge in [-0.2, -0.15) is 0 Å². The van der Waals surface area contributed by atoms with Crippen molar-refractivity contribution in [3.63, 3.8) is 0 Å². The Bertz CT molecular complexity index is 185. The average Bonchev–Trinajstić information content (AvgIpc) is 2.14. The Morgan fingerprint density at radius 1 is 1.14 bits per heavy atom. The summed E-state index contributed by atoms with van der Waals surface area (Å²) in [4.78, 5) is 0. The Morgan fingerprint density at radius 2 is 1.57 bits per heavy atom. The quantitative estimate of drug-likeness (QED) is 0.668. The molecule has 0 aliphatic heterocycles. The van der Waals surface area contributed by atoms with Crippen LogP contribution in [0.5, 0.6) is 0 Å². The third-order valence-corrected chi connectivity index (χ3v) is 3.01. The van der Waals surface area contributed by atoms with Crippen molar-refractivity contribution in [1.82, 2.24) is 0 Å². The van der Waals surface area contributed by atoms with Crippen LogP contribution in [-0.2, 0) is 0 Å². The maximum atomic E-state index is 10.0. The van der Waals surface area contributed by atoms with Crippen molar-refractivity contribution in [3.8, 4) is 0 Å². The Kier molecular flexibility index (Phi) is 4.82. The summed E-state index contributed by atoms with van der Waals surface area (Å²) in [6, 6.07) is 0.